The van der Waals surface area contributed by atoms with E-state index >= 15 is 0 Å². The van der Waals surface area contributed by atoms with E-state index in [2.05, 4.69) is 10.3 Å². The van der Waals surface area contributed by atoms with Crippen molar-refractivity contribution in [2.45, 2.75) is 26.1 Å². The lowest BCUT2D eigenvalue weighted by atomic mass is 10.1. The molecule has 4 aromatic rings. The van der Waals surface area contributed by atoms with E-state index in [0.29, 0.717) is 37.8 Å². The van der Waals surface area contributed by atoms with Crippen molar-refractivity contribution >= 4 is 12.4 Å². The molecule has 0 aliphatic carbocycles. The monoisotopic (exact) mass is 514 g/mol. The van der Waals surface area contributed by atoms with Crippen molar-refractivity contribution < 1.29 is 23.3 Å². The van der Waals surface area contributed by atoms with Gasteiger partial charge < -0.3 is 34.7 Å². The minimum absolute atomic E-state index is 0. The molecule has 0 fully saturated rings. The molecule has 4 N–H and O–H groups in total. The van der Waals surface area contributed by atoms with E-state index in [1.54, 1.807) is 0 Å². The fraction of sp³-hybridized carbons (Fsp3) is 0.308. The Morgan fingerprint density at radius 2 is 1.06 bits per heavy atom. The molecule has 0 unspecified atom stereocenters. The highest BCUT2D eigenvalue weighted by atomic mass is 35.5. The van der Waals surface area contributed by atoms with Crippen LogP contribution in [-0.2, 0) is 18.0 Å². The van der Waals surface area contributed by atoms with E-state index in [1.165, 1.54) is 0 Å². The van der Waals surface area contributed by atoms with Crippen LogP contribution in [0.25, 0.3) is 22.5 Å². The minimum atomic E-state index is 0. The average Bonchev–Trinajstić information content (AvgIpc) is 3.56. The van der Waals surface area contributed by atoms with Gasteiger partial charge in [0.2, 0.25) is 0 Å². The Morgan fingerprint density at radius 3 is 1.44 bits per heavy atom. The summed E-state index contributed by atoms with van der Waals surface area (Å²) in [5.74, 6) is 2.83. The number of hydrogen-bond acceptors (Lipinski definition) is 9. The highest BCUT2D eigenvalue weighted by Gasteiger charge is 2.10. The van der Waals surface area contributed by atoms with Crippen molar-refractivity contribution in [1.82, 2.24) is 10.3 Å². The van der Waals surface area contributed by atoms with Gasteiger partial charge in [-0.05, 0) is 74.5 Å². The lowest BCUT2D eigenvalue weighted by molar-refractivity contribution is 0.0727. The van der Waals surface area contributed by atoms with Gasteiger partial charge in [0.1, 0.15) is 36.1 Å². The molecule has 0 aliphatic heterocycles. The van der Waals surface area contributed by atoms with E-state index in [4.69, 9.17) is 34.7 Å². The smallest absolute Gasteiger partial charge is 0.163 e. The summed E-state index contributed by atoms with van der Waals surface area (Å²) in [6.45, 7) is 2.95. The number of aromatic nitrogens is 2. The zero-order valence-electron chi connectivity index (χ0n) is 19.9. The van der Waals surface area contributed by atoms with Crippen LogP contribution in [0.4, 0.5) is 0 Å². The van der Waals surface area contributed by atoms with Crippen molar-refractivity contribution in [3.63, 3.8) is 0 Å². The first kappa shape index (κ1) is 27.2. The molecule has 36 heavy (non-hydrogen) atoms. The molecule has 0 atom stereocenters. The van der Waals surface area contributed by atoms with Gasteiger partial charge in [-0.25, -0.2) is 0 Å². The van der Waals surface area contributed by atoms with E-state index < -0.39 is 0 Å². The molecule has 192 valence electrons. The first-order valence-corrected chi connectivity index (χ1v) is 11.6. The Labute approximate surface area is 216 Å². The molecule has 0 spiro atoms. The summed E-state index contributed by atoms with van der Waals surface area (Å²) in [7, 11) is 0. The summed E-state index contributed by atoms with van der Waals surface area (Å²) in [5, 5.41) is 8.25. The molecule has 2 aromatic heterocycles. The Hall–Kier alpha value is -3.37. The summed E-state index contributed by atoms with van der Waals surface area (Å²) < 4.78 is 27.8. The van der Waals surface area contributed by atoms with Gasteiger partial charge in [0.05, 0.1) is 13.2 Å². The molecule has 9 nitrogen and oxygen atoms in total. The van der Waals surface area contributed by atoms with E-state index in [0.717, 1.165) is 46.9 Å². The fourth-order valence-corrected chi connectivity index (χ4v) is 3.28. The fourth-order valence-electron chi connectivity index (χ4n) is 3.28. The number of hydrogen-bond donors (Lipinski definition) is 2. The van der Waals surface area contributed by atoms with Gasteiger partial charge >= 0.3 is 0 Å². The Bertz CT molecular complexity index is 1070. The molecule has 0 bridgehead atoms. The first-order chi connectivity index (χ1) is 17.2. The zero-order chi connectivity index (χ0) is 24.3. The van der Waals surface area contributed by atoms with E-state index in [-0.39, 0.29) is 25.6 Å². The van der Waals surface area contributed by atoms with Gasteiger partial charge in [0.25, 0.3) is 0 Å². The lowest BCUT2D eigenvalue weighted by Gasteiger charge is -2.05. The molecule has 0 saturated heterocycles. The highest BCUT2D eigenvalue weighted by molar-refractivity contribution is 5.85. The topological polar surface area (TPSA) is 132 Å². The predicted octanol–water partition coefficient (Wildman–Crippen LogP) is 4.59. The molecule has 0 amide bonds. The first-order valence-electron chi connectivity index (χ1n) is 11.6. The third kappa shape index (κ3) is 7.82. The van der Waals surface area contributed by atoms with Crippen molar-refractivity contribution in [2.75, 3.05) is 26.3 Å². The van der Waals surface area contributed by atoms with Crippen LogP contribution in [-0.4, -0.2) is 36.6 Å². The van der Waals surface area contributed by atoms with Crippen LogP contribution >= 0.6 is 12.4 Å². The maximum absolute atomic E-state index is 5.72. The van der Waals surface area contributed by atoms with Crippen LogP contribution < -0.4 is 20.9 Å². The van der Waals surface area contributed by atoms with Crippen LogP contribution in [0, 0.1) is 0 Å². The summed E-state index contributed by atoms with van der Waals surface area (Å²) in [6.07, 6.45) is 1.64. The Morgan fingerprint density at radius 1 is 0.639 bits per heavy atom. The van der Waals surface area contributed by atoms with Crippen molar-refractivity contribution in [1.29, 1.82) is 0 Å². The second kappa shape index (κ2) is 14.3. The molecule has 10 heteroatoms. The molecule has 2 heterocycles. The number of nitrogens with zero attached hydrogens (tertiary/aromatic N) is 2. The zero-order valence-corrected chi connectivity index (χ0v) is 20.7. The molecular formula is C26H31ClN4O5. The Kier molecular flexibility index (Phi) is 10.8. The molecule has 0 radical (unpaired) electrons. The van der Waals surface area contributed by atoms with Gasteiger partial charge in [-0.2, -0.15) is 0 Å². The second-order valence-corrected chi connectivity index (χ2v) is 7.88. The third-order valence-corrected chi connectivity index (χ3v) is 5.14. The molecule has 0 aliphatic rings. The largest absolute Gasteiger partial charge is 0.494 e. The number of rotatable bonds is 14. The average molecular weight is 515 g/mol. The third-order valence-electron chi connectivity index (χ3n) is 5.14. The van der Waals surface area contributed by atoms with Crippen LogP contribution in [0.5, 0.6) is 11.5 Å². The molecular weight excluding hydrogens is 484 g/mol. The van der Waals surface area contributed by atoms with Gasteiger partial charge in [-0.15, -0.1) is 12.4 Å². The molecule has 4 rings (SSSR count). The summed E-state index contributed by atoms with van der Waals surface area (Å²) in [4.78, 5) is 0. The molecule has 2 aromatic carbocycles. The predicted molar refractivity (Wildman–Crippen MR) is 138 cm³/mol. The van der Waals surface area contributed by atoms with E-state index in [9.17, 15) is 0 Å². The van der Waals surface area contributed by atoms with Gasteiger partial charge in [-0.3, -0.25) is 0 Å². The summed E-state index contributed by atoms with van der Waals surface area (Å²) in [5.41, 5.74) is 14.3. The van der Waals surface area contributed by atoms with Gasteiger partial charge in [0.15, 0.2) is 11.5 Å². The highest BCUT2D eigenvalue weighted by Crippen LogP contribution is 2.24. The maximum atomic E-state index is 5.72. The van der Waals surface area contributed by atoms with Gasteiger partial charge in [0, 0.05) is 23.3 Å². The van der Waals surface area contributed by atoms with Gasteiger partial charge in [-0.1, -0.05) is 10.3 Å². The second-order valence-electron chi connectivity index (χ2n) is 7.88. The van der Waals surface area contributed by atoms with Crippen LogP contribution in [0.1, 0.15) is 24.4 Å². The minimum Gasteiger partial charge on any atom is -0.494 e. The van der Waals surface area contributed by atoms with Crippen molar-refractivity contribution in [2.24, 2.45) is 11.5 Å². The van der Waals surface area contributed by atoms with Crippen molar-refractivity contribution in [3.8, 4) is 34.0 Å². The van der Waals surface area contributed by atoms with E-state index in [1.807, 2.05) is 60.7 Å². The standard InChI is InChI=1S/C26H30N4O5.ClH/c27-11-1-13-32-21-7-3-19(4-8-21)25-15-23(34-29-25)17-31-18-24-16-26(30-35-24)20-5-9-22(10-6-20)33-14-2-12-28;/h3-10,15-16H,1-2,11-14,17-18,27-28H2;1H. The SMILES string of the molecule is Cl.NCCCOc1ccc(-c2cc(COCc3cc(-c4ccc(OCCCN)cc4)no3)on2)cc1. The normalized spacial score (nSPS) is 10.7. The lowest BCUT2D eigenvalue weighted by Crippen LogP contribution is -2.05. The number of nitrogens with two attached hydrogens (primary N) is 2. The number of ether oxygens (including phenoxy) is 3. The quantitative estimate of drug-likeness (QED) is 0.232. The number of halogens is 1. The number of benzene rings is 2. The van der Waals surface area contributed by atoms with Crippen LogP contribution in [0.3, 0.4) is 0 Å². The summed E-state index contributed by atoms with van der Waals surface area (Å²) in [6, 6.07) is 19.1. The van der Waals surface area contributed by atoms with Crippen LogP contribution in [0.2, 0.25) is 0 Å². The molecule has 0 saturated carbocycles. The Balaban J connectivity index is 0.00000361. The maximum Gasteiger partial charge on any atom is 0.163 e. The van der Waals surface area contributed by atoms with Crippen molar-refractivity contribution in [3.05, 3.63) is 72.2 Å². The van der Waals surface area contributed by atoms with Crippen LogP contribution in [0.15, 0.2) is 69.7 Å². The summed E-state index contributed by atoms with van der Waals surface area (Å²) >= 11 is 0.